The fraction of sp³-hybridized carbons (Fsp3) is 0.615. The van der Waals surface area contributed by atoms with Gasteiger partial charge in [-0.25, -0.2) is 4.98 Å². The molecule has 0 bridgehead atoms. The average molecular weight is 236 g/mol. The van der Waals surface area contributed by atoms with E-state index in [1.807, 2.05) is 12.1 Å². The predicted octanol–water partition coefficient (Wildman–Crippen LogP) is 2.46. The van der Waals surface area contributed by atoms with E-state index in [1.165, 1.54) is 0 Å². The van der Waals surface area contributed by atoms with Gasteiger partial charge < -0.3 is 14.8 Å². The zero-order valence-corrected chi connectivity index (χ0v) is 10.7. The van der Waals surface area contributed by atoms with Crippen LogP contribution in [0.4, 0.5) is 5.69 Å². The van der Waals surface area contributed by atoms with E-state index in [0.717, 1.165) is 25.1 Å². The third-order valence-electron chi connectivity index (χ3n) is 3.03. The van der Waals surface area contributed by atoms with E-state index in [2.05, 4.69) is 24.1 Å². The van der Waals surface area contributed by atoms with E-state index < -0.39 is 0 Å². The van der Waals surface area contributed by atoms with Gasteiger partial charge >= 0.3 is 0 Å². The Balaban J connectivity index is 1.82. The SMILES string of the molecule is COc1ccc(NCC2CCC(C)(C)O2)cn1. The number of nitrogens with one attached hydrogen (secondary N) is 1. The normalized spacial score (nSPS) is 22.4. The maximum Gasteiger partial charge on any atom is 0.213 e. The first kappa shape index (κ1) is 12.2. The van der Waals surface area contributed by atoms with Gasteiger partial charge in [0.1, 0.15) is 0 Å². The third kappa shape index (κ3) is 3.33. The summed E-state index contributed by atoms with van der Waals surface area (Å²) in [6, 6.07) is 3.81. The van der Waals surface area contributed by atoms with Crippen LogP contribution in [-0.4, -0.2) is 30.3 Å². The number of aromatic nitrogens is 1. The lowest BCUT2D eigenvalue weighted by atomic mass is 10.1. The van der Waals surface area contributed by atoms with Gasteiger partial charge in [0.15, 0.2) is 0 Å². The van der Waals surface area contributed by atoms with E-state index in [0.29, 0.717) is 12.0 Å². The Kier molecular flexibility index (Phi) is 3.52. The number of rotatable bonds is 4. The molecule has 0 aromatic carbocycles. The highest BCUT2D eigenvalue weighted by atomic mass is 16.5. The largest absolute Gasteiger partial charge is 0.481 e. The molecule has 1 fully saturated rings. The van der Waals surface area contributed by atoms with Crippen molar-refractivity contribution in [2.75, 3.05) is 19.0 Å². The van der Waals surface area contributed by atoms with Crippen LogP contribution in [0.15, 0.2) is 18.3 Å². The molecule has 1 saturated heterocycles. The van der Waals surface area contributed by atoms with Crippen LogP contribution >= 0.6 is 0 Å². The molecule has 4 heteroatoms. The number of methoxy groups -OCH3 is 1. The lowest BCUT2D eigenvalue weighted by Crippen LogP contribution is -2.24. The molecule has 1 aliphatic heterocycles. The van der Waals surface area contributed by atoms with Gasteiger partial charge in [0.05, 0.1) is 30.7 Å². The monoisotopic (exact) mass is 236 g/mol. The summed E-state index contributed by atoms with van der Waals surface area (Å²) in [5.74, 6) is 0.633. The van der Waals surface area contributed by atoms with Gasteiger partial charge in [0.25, 0.3) is 0 Å². The van der Waals surface area contributed by atoms with Crippen molar-refractivity contribution in [3.05, 3.63) is 18.3 Å². The first-order valence-corrected chi connectivity index (χ1v) is 6.01. The molecule has 1 unspecified atom stereocenters. The minimum atomic E-state index is 0.0322. The van der Waals surface area contributed by atoms with Crippen molar-refractivity contribution in [1.29, 1.82) is 0 Å². The van der Waals surface area contributed by atoms with Crippen molar-refractivity contribution in [2.45, 2.75) is 38.4 Å². The summed E-state index contributed by atoms with van der Waals surface area (Å²) in [7, 11) is 1.61. The van der Waals surface area contributed by atoms with Crippen LogP contribution in [0.5, 0.6) is 5.88 Å². The molecule has 0 amide bonds. The number of hydrogen-bond donors (Lipinski definition) is 1. The Hall–Kier alpha value is -1.29. The molecule has 17 heavy (non-hydrogen) atoms. The van der Waals surface area contributed by atoms with Crippen molar-refractivity contribution in [2.24, 2.45) is 0 Å². The minimum absolute atomic E-state index is 0.0322. The summed E-state index contributed by atoms with van der Waals surface area (Å²) in [6.07, 6.45) is 4.31. The van der Waals surface area contributed by atoms with Crippen LogP contribution in [0.2, 0.25) is 0 Å². The fourth-order valence-corrected chi connectivity index (χ4v) is 2.06. The fourth-order valence-electron chi connectivity index (χ4n) is 2.06. The molecular formula is C13H20N2O2. The van der Waals surface area contributed by atoms with E-state index in [9.17, 15) is 0 Å². The zero-order chi connectivity index (χ0) is 12.3. The highest BCUT2D eigenvalue weighted by Gasteiger charge is 2.31. The predicted molar refractivity (Wildman–Crippen MR) is 67.5 cm³/mol. The number of ether oxygens (including phenoxy) is 2. The Bertz CT molecular complexity index is 362. The quantitative estimate of drug-likeness (QED) is 0.872. The molecule has 2 rings (SSSR count). The molecule has 1 atom stereocenters. The Labute approximate surface area is 102 Å². The summed E-state index contributed by atoms with van der Waals surface area (Å²) >= 11 is 0. The molecule has 94 valence electrons. The first-order valence-electron chi connectivity index (χ1n) is 6.01. The molecule has 0 radical (unpaired) electrons. The van der Waals surface area contributed by atoms with Gasteiger partial charge in [-0.05, 0) is 32.8 Å². The summed E-state index contributed by atoms with van der Waals surface area (Å²) in [5, 5.41) is 3.33. The smallest absolute Gasteiger partial charge is 0.213 e. The Morgan fingerprint density at radius 3 is 2.88 bits per heavy atom. The van der Waals surface area contributed by atoms with Gasteiger partial charge in [0.2, 0.25) is 5.88 Å². The van der Waals surface area contributed by atoms with Crippen LogP contribution in [0.25, 0.3) is 0 Å². The van der Waals surface area contributed by atoms with E-state index in [4.69, 9.17) is 9.47 Å². The highest BCUT2D eigenvalue weighted by Crippen LogP contribution is 2.29. The molecule has 0 saturated carbocycles. The maximum atomic E-state index is 5.91. The van der Waals surface area contributed by atoms with Crippen molar-refractivity contribution in [1.82, 2.24) is 4.98 Å². The molecule has 1 aromatic rings. The van der Waals surface area contributed by atoms with Crippen molar-refractivity contribution in [3.63, 3.8) is 0 Å². The van der Waals surface area contributed by atoms with E-state index in [1.54, 1.807) is 13.3 Å². The Morgan fingerprint density at radius 2 is 2.35 bits per heavy atom. The molecular weight excluding hydrogens is 216 g/mol. The summed E-state index contributed by atoms with van der Waals surface area (Å²) in [5.41, 5.74) is 1.03. The minimum Gasteiger partial charge on any atom is -0.481 e. The summed E-state index contributed by atoms with van der Waals surface area (Å²) < 4.78 is 10.9. The molecule has 1 aromatic heterocycles. The standard InChI is InChI=1S/C13H20N2O2/c1-13(2)7-6-11(17-13)9-14-10-4-5-12(16-3)15-8-10/h4-5,8,11,14H,6-7,9H2,1-3H3. The molecule has 0 aliphatic carbocycles. The summed E-state index contributed by atoms with van der Waals surface area (Å²) in [6.45, 7) is 5.11. The number of pyridine rings is 1. The molecule has 4 nitrogen and oxygen atoms in total. The first-order chi connectivity index (χ1) is 8.09. The second kappa shape index (κ2) is 4.92. The summed E-state index contributed by atoms with van der Waals surface area (Å²) in [4.78, 5) is 4.15. The third-order valence-corrected chi connectivity index (χ3v) is 3.03. The van der Waals surface area contributed by atoms with Gasteiger partial charge in [-0.15, -0.1) is 0 Å². The van der Waals surface area contributed by atoms with Crippen LogP contribution in [0, 0.1) is 0 Å². The lowest BCUT2D eigenvalue weighted by molar-refractivity contribution is -0.00910. The maximum absolute atomic E-state index is 5.91. The number of anilines is 1. The second-order valence-corrected chi connectivity index (χ2v) is 5.01. The van der Waals surface area contributed by atoms with E-state index >= 15 is 0 Å². The van der Waals surface area contributed by atoms with Gasteiger partial charge in [-0.1, -0.05) is 0 Å². The molecule has 0 spiro atoms. The van der Waals surface area contributed by atoms with Crippen LogP contribution < -0.4 is 10.1 Å². The second-order valence-electron chi connectivity index (χ2n) is 5.01. The number of hydrogen-bond acceptors (Lipinski definition) is 4. The zero-order valence-electron chi connectivity index (χ0n) is 10.7. The topological polar surface area (TPSA) is 43.4 Å². The van der Waals surface area contributed by atoms with Gasteiger partial charge in [-0.3, -0.25) is 0 Å². The molecule has 1 N–H and O–H groups in total. The van der Waals surface area contributed by atoms with Crippen molar-refractivity contribution < 1.29 is 9.47 Å². The average Bonchev–Trinajstić information content (AvgIpc) is 2.67. The van der Waals surface area contributed by atoms with Gasteiger partial charge in [-0.2, -0.15) is 0 Å². The van der Waals surface area contributed by atoms with Crippen LogP contribution in [0.3, 0.4) is 0 Å². The van der Waals surface area contributed by atoms with Crippen molar-refractivity contribution >= 4 is 5.69 Å². The lowest BCUT2D eigenvalue weighted by Gasteiger charge is -2.19. The Morgan fingerprint density at radius 1 is 1.53 bits per heavy atom. The number of nitrogens with zero attached hydrogens (tertiary/aromatic N) is 1. The molecule has 2 heterocycles. The van der Waals surface area contributed by atoms with Crippen LogP contribution in [-0.2, 0) is 4.74 Å². The van der Waals surface area contributed by atoms with Gasteiger partial charge in [0, 0.05) is 12.6 Å². The highest BCUT2D eigenvalue weighted by molar-refractivity contribution is 5.42. The molecule has 1 aliphatic rings. The van der Waals surface area contributed by atoms with Crippen molar-refractivity contribution in [3.8, 4) is 5.88 Å². The van der Waals surface area contributed by atoms with E-state index in [-0.39, 0.29) is 5.60 Å². The van der Waals surface area contributed by atoms with Crippen LogP contribution in [0.1, 0.15) is 26.7 Å².